The number of hydrogen-bond acceptors (Lipinski definition) is 3. The molecule has 114 valence electrons. The summed E-state index contributed by atoms with van der Waals surface area (Å²) in [5.41, 5.74) is 0.817. The van der Waals surface area contributed by atoms with Crippen LogP contribution in [0.2, 0.25) is 0 Å². The molecule has 2 heterocycles. The largest absolute Gasteiger partial charge is 0.491 e. The third-order valence-corrected chi connectivity index (χ3v) is 4.59. The minimum atomic E-state index is 0.164. The van der Waals surface area contributed by atoms with E-state index in [1.165, 1.54) is 12.8 Å². The molecule has 3 nitrogen and oxygen atoms in total. The normalized spacial score (nSPS) is 27.9. The molecule has 3 rings (SSSR count). The quantitative estimate of drug-likeness (QED) is 0.841. The van der Waals surface area contributed by atoms with Gasteiger partial charge in [0.1, 0.15) is 5.75 Å². The van der Waals surface area contributed by atoms with Gasteiger partial charge in [0.25, 0.3) is 0 Å². The molecule has 2 atom stereocenters. The zero-order valence-electron chi connectivity index (χ0n) is 13.0. The molecule has 2 bridgehead atoms. The molecule has 0 aromatic heterocycles. The monoisotopic (exact) mass is 287 g/mol. The van der Waals surface area contributed by atoms with Gasteiger partial charge in [-0.3, -0.25) is 4.79 Å². The van der Waals surface area contributed by atoms with E-state index >= 15 is 0 Å². The highest BCUT2D eigenvalue weighted by Crippen LogP contribution is 2.33. The number of ketones is 1. The molecule has 2 unspecified atom stereocenters. The Morgan fingerprint density at radius 3 is 2.38 bits per heavy atom. The zero-order valence-corrected chi connectivity index (χ0v) is 13.0. The van der Waals surface area contributed by atoms with E-state index in [0.717, 1.165) is 24.2 Å². The molecular formula is C18H25NO2. The van der Waals surface area contributed by atoms with E-state index in [1.807, 2.05) is 38.1 Å². The fourth-order valence-corrected chi connectivity index (χ4v) is 3.71. The molecule has 3 heteroatoms. The number of fused-ring (bicyclic) bond motifs is 2. The maximum atomic E-state index is 12.4. The van der Waals surface area contributed by atoms with Gasteiger partial charge in [0.2, 0.25) is 0 Å². The molecule has 0 amide bonds. The summed E-state index contributed by atoms with van der Waals surface area (Å²) in [5.74, 6) is 1.67. The van der Waals surface area contributed by atoms with Crippen LogP contribution < -0.4 is 10.1 Å². The number of ether oxygens (including phenoxy) is 1. The molecule has 0 saturated carbocycles. The average molecular weight is 287 g/mol. The van der Waals surface area contributed by atoms with Gasteiger partial charge in [-0.05, 0) is 69.7 Å². The smallest absolute Gasteiger partial charge is 0.163 e. The lowest BCUT2D eigenvalue weighted by molar-refractivity contribution is 0.0945. The molecule has 2 aliphatic rings. The van der Waals surface area contributed by atoms with Gasteiger partial charge in [-0.15, -0.1) is 0 Å². The van der Waals surface area contributed by atoms with Crippen molar-refractivity contribution in [2.75, 3.05) is 0 Å². The molecule has 0 radical (unpaired) electrons. The van der Waals surface area contributed by atoms with Gasteiger partial charge in [-0.2, -0.15) is 0 Å². The van der Waals surface area contributed by atoms with Crippen LogP contribution in [0.3, 0.4) is 0 Å². The second-order valence-corrected chi connectivity index (χ2v) is 6.79. The second-order valence-electron chi connectivity index (χ2n) is 6.79. The first kappa shape index (κ1) is 14.6. The number of carbonyl (C=O) groups is 1. The zero-order chi connectivity index (χ0) is 14.8. The van der Waals surface area contributed by atoms with E-state index in [4.69, 9.17) is 4.74 Å². The summed E-state index contributed by atoms with van der Waals surface area (Å²) in [6.45, 7) is 4.01. The Labute approximate surface area is 127 Å². The van der Waals surface area contributed by atoms with Crippen LogP contribution in [0.15, 0.2) is 24.3 Å². The Kier molecular flexibility index (Phi) is 4.29. The molecule has 2 fully saturated rings. The Balaban J connectivity index is 1.57. The summed E-state index contributed by atoms with van der Waals surface area (Å²) < 4.78 is 5.62. The maximum Gasteiger partial charge on any atom is 0.163 e. The lowest BCUT2D eigenvalue weighted by Crippen LogP contribution is -2.38. The summed E-state index contributed by atoms with van der Waals surface area (Å²) >= 11 is 0. The van der Waals surface area contributed by atoms with Crippen molar-refractivity contribution in [1.82, 2.24) is 5.32 Å². The predicted octanol–water partition coefficient (Wildman–Crippen LogP) is 3.58. The van der Waals surface area contributed by atoms with E-state index in [1.54, 1.807) is 0 Å². The van der Waals surface area contributed by atoms with Crippen LogP contribution in [-0.4, -0.2) is 24.0 Å². The van der Waals surface area contributed by atoms with E-state index in [0.29, 0.717) is 24.4 Å². The molecule has 1 N–H and O–H groups in total. The Bertz CT molecular complexity index is 482. The van der Waals surface area contributed by atoms with Crippen molar-refractivity contribution >= 4 is 5.78 Å². The van der Waals surface area contributed by atoms with Gasteiger partial charge in [0.15, 0.2) is 5.78 Å². The number of benzene rings is 1. The standard InChI is InChI=1S/C18H25NO2/c1-12(2)21-17-7-3-14(4-8-17)18(20)11-13-9-15-5-6-16(10-13)19-15/h3-4,7-8,12-13,15-16,19H,5-6,9-11H2,1-2H3. The van der Waals surface area contributed by atoms with Crippen LogP contribution in [0.25, 0.3) is 0 Å². The van der Waals surface area contributed by atoms with Crippen LogP contribution in [0.4, 0.5) is 0 Å². The number of piperidine rings is 1. The molecule has 0 spiro atoms. The van der Waals surface area contributed by atoms with Crippen molar-refractivity contribution in [3.05, 3.63) is 29.8 Å². The summed E-state index contributed by atoms with van der Waals surface area (Å²) in [4.78, 5) is 12.4. The van der Waals surface area contributed by atoms with Gasteiger partial charge in [-0.1, -0.05) is 0 Å². The van der Waals surface area contributed by atoms with Crippen molar-refractivity contribution in [2.45, 2.75) is 64.1 Å². The molecule has 1 aromatic carbocycles. The number of rotatable bonds is 5. The van der Waals surface area contributed by atoms with Crippen molar-refractivity contribution in [3.8, 4) is 5.75 Å². The number of nitrogens with one attached hydrogen (secondary N) is 1. The Morgan fingerprint density at radius 1 is 1.19 bits per heavy atom. The molecular weight excluding hydrogens is 262 g/mol. The molecule has 1 aromatic rings. The van der Waals surface area contributed by atoms with Gasteiger partial charge in [0.05, 0.1) is 6.10 Å². The van der Waals surface area contributed by atoms with E-state index in [9.17, 15) is 4.79 Å². The van der Waals surface area contributed by atoms with Gasteiger partial charge in [-0.25, -0.2) is 0 Å². The first-order valence-corrected chi connectivity index (χ1v) is 8.16. The van der Waals surface area contributed by atoms with Crippen molar-refractivity contribution in [1.29, 1.82) is 0 Å². The number of carbonyl (C=O) groups excluding carboxylic acids is 1. The first-order valence-electron chi connectivity index (χ1n) is 8.16. The molecule has 2 aliphatic heterocycles. The highest BCUT2D eigenvalue weighted by molar-refractivity contribution is 5.96. The first-order chi connectivity index (χ1) is 10.1. The fraction of sp³-hybridized carbons (Fsp3) is 0.611. The predicted molar refractivity (Wildman–Crippen MR) is 83.8 cm³/mol. The fourth-order valence-electron chi connectivity index (χ4n) is 3.71. The Hall–Kier alpha value is -1.35. The van der Waals surface area contributed by atoms with Crippen LogP contribution in [0, 0.1) is 5.92 Å². The minimum Gasteiger partial charge on any atom is -0.491 e. The van der Waals surface area contributed by atoms with E-state index < -0.39 is 0 Å². The van der Waals surface area contributed by atoms with Gasteiger partial charge >= 0.3 is 0 Å². The third kappa shape index (κ3) is 3.65. The highest BCUT2D eigenvalue weighted by Gasteiger charge is 2.34. The maximum absolute atomic E-state index is 12.4. The topological polar surface area (TPSA) is 38.3 Å². The van der Waals surface area contributed by atoms with Crippen molar-refractivity contribution in [2.24, 2.45) is 5.92 Å². The van der Waals surface area contributed by atoms with E-state index in [-0.39, 0.29) is 11.9 Å². The van der Waals surface area contributed by atoms with Crippen LogP contribution >= 0.6 is 0 Å². The van der Waals surface area contributed by atoms with Crippen LogP contribution in [-0.2, 0) is 0 Å². The molecule has 0 aliphatic carbocycles. The van der Waals surface area contributed by atoms with E-state index in [2.05, 4.69) is 5.32 Å². The average Bonchev–Trinajstić information content (AvgIpc) is 2.78. The molecule has 21 heavy (non-hydrogen) atoms. The van der Waals surface area contributed by atoms with Crippen LogP contribution in [0.1, 0.15) is 56.3 Å². The highest BCUT2D eigenvalue weighted by atomic mass is 16.5. The molecule has 2 saturated heterocycles. The lowest BCUT2D eigenvalue weighted by Gasteiger charge is -2.28. The third-order valence-electron chi connectivity index (χ3n) is 4.59. The van der Waals surface area contributed by atoms with Gasteiger partial charge < -0.3 is 10.1 Å². The number of hydrogen-bond donors (Lipinski definition) is 1. The Morgan fingerprint density at radius 2 is 1.81 bits per heavy atom. The van der Waals surface area contributed by atoms with Gasteiger partial charge in [0, 0.05) is 24.1 Å². The minimum absolute atomic E-state index is 0.164. The summed E-state index contributed by atoms with van der Waals surface area (Å²) in [6, 6.07) is 8.91. The van der Waals surface area contributed by atoms with Crippen LogP contribution in [0.5, 0.6) is 5.75 Å². The number of Topliss-reactive ketones (excluding diaryl/α,β-unsaturated/α-hetero) is 1. The van der Waals surface area contributed by atoms with Crippen molar-refractivity contribution < 1.29 is 9.53 Å². The second kappa shape index (κ2) is 6.18. The summed E-state index contributed by atoms with van der Waals surface area (Å²) in [7, 11) is 0. The summed E-state index contributed by atoms with van der Waals surface area (Å²) in [5, 5.41) is 3.63. The lowest BCUT2D eigenvalue weighted by atomic mass is 9.87. The van der Waals surface area contributed by atoms with Crippen molar-refractivity contribution in [3.63, 3.8) is 0 Å². The SMILES string of the molecule is CC(C)Oc1ccc(C(=O)CC2CC3CCC(C2)N3)cc1. The summed E-state index contributed by atoms with van der Waals surface area (Å²) in [6.07, 6.45) is 5.76.